The van der Waals surface area contributed by atoms with Crippen LogP contribution in [0.1, 0.15) is 17.0 Å². The highest BCUT2D eigenvalue weighted by molar-refractivity contribution is 7.71. The van der Waals surface area contributed by atoms with Crippen molar-refractivity contribution in [2.45, 2.75) is 13.2 Å². The van der Waals surface area contributed by atoms with Gasteiger partial charge in [-0.05, 0) is 49.1 Å². The minimum absolute atomic E-state index is 0.507. The quantitative estimate of drug-likeness (QED) is 0.575. The van der Waals surface area contributed by atoms with Gasteiger partial charge in [0.15, 0.2) is 0 Å². The molecule has 0 bridgehead atoms. The van der Waals surface area contributed by atoms with Crippen molar-refractivity contribution in [2.24, 2.45) is 0 Å². The van der Waals surface area contributed by atoms with E-state index in [2.05, 4.69) is 15.0 Å². The van der Waals surface area contributed by atoms with Gasteiger partial charge in [0.05, 0.1) is 13.8 Å². The van der Waals surface area contributed by atoms with Crippen LogP contribution in [-0.2, 0) is 13.2 Å². The SMILES string of the molecule is COc1ccc(Cl)cc1CN(C)Cn1[nH]c(/C=C/c2ccccc2)nc1=S. The van der Waals surface area contributed by atoms with Crippen LogP contribution >= 0.6 is 23.8 Å². The Morgan fingerprint density at radius 3 is 2.74 bits per heavy atom. The summed E-state index contributed by atoms with van der Waals surface area (Å²) in [5, 5.41) is 3.91. The molecule has 0 atom stereocenters. The lowest BCUT2D eigenvalue weighted by atomic mass is 10.2. The van der Waals surface area contributed by atoms with Crippen molar-refractivity contribution in [1.29, 1.82) is 0 Å². The number of rotatable bonds is 7. The van der Waals surface area contributed by atoms with Crippen LogP contribution in [0.5, 0.6) is 5.75 Å². The van der Waals surface area contributed by atoms with Crippen LogP contribution < -0.4 is 4.74 Å². The van der Waals surface area contributed by atoms with Crippen molar-refractivity contribution >= 4 is 36.0 Å². The molecule has 5 nitrogen and oxygen atoms in total. The summed E-state index contributed by atoms with van der Waals surface area (Å²) in [6.45, 7) is 1.24. The molecule has 3 aromatic rings. The molecule has 0 saturated carbocycles. The number of nitrogens with one attached hydrogen (secondary N) is 1. The fourth-order valence-corrected chi connectivity index (χ4v) is 3.13. The van der Waals surface area contributed by atoms with Gasteiger partial charge in [-0.15, -0.1) is 0 Å². The van der Waals surface area contributed by atoms with E-state index in [1.165, 1.54) is 0 Å². The summed E-state index contributed by atoms with van der Waals surface area (Å²) in [7, 11) is 3.66. The van der Waals surface area contributed by atoms with Gasteiger partial charge in [-0.25, -0.2) is 4.68 Å². The number of nitrogens with zero attached hydrogens (tertiary/aromatic N) is 3. The molecule has 0 aliphatic rings. The molecule has 0 unspecified atom stereocenters. The van der Waals surface area contributed by atoms with Gasteiger partial charge in [-0.2, -0.15) is 4.98 Å². The molecule has 1 heterocycles. The maximum Gasteiger partial charge on any atom is 0.217 e. The van der Waals surface area contributed by atoms with E-state index < -0.39 is 0 Å². The summed E-state index contributed by atoms with van der Waals surface area (Å²) in [5.74, 6) is 1.53. The molecule has 0 spiro atoms. The highest BCUT2D eigenvalue weighted by Crippen LogP contribution is 2.23. The van der Waals surface area contributed by atoms with E-state index >= 15 is 0 Å². The van der Waals surface area contributed by atoms with E-state index in [-0.39, 0.29) is 0 Å². The Kier molecular flexibility index (Phi) is 6.45. The highest BCUT2D eigenvalue weighted by Gasteiger charge is 2.09. The molecule has 3 rings (SSSR count). The van der Waals surface area contributed by atoms with Gasteiger partial charge in [0.2, 0.25) is 4.77 Å². The molecule has 0 aliphatic carbocycles. The summed E-state index contributed by atoms with van der Waals surface area (Å²) in [4.78, 5) is 6.50. The van der Waals surface area contributed by atoms with Gasteiger partial charge >= 0.3 is 0 Å². The van der Waals surface area contributed by atoms with Crippen LogP contribution in [0.25, 0.3) is 12.2 Å². The lowest BCUT2D eigenvalue weighted by Gasteiger charge is -2.18. The van der Waals surface area contributed by atoms with Crippen molar-refractivity contribution in [2.75, 3.05) is 14.2 Å². The normalized spacial score (nSPS) is 11.4. The number of hydrogen-bond acceptors (Lipinski definition) is 4. The fraction of sp³-hybridized carbons (Fsp3) is 0.200. The number of methoxy groups -OCH3 is 1. The van der Waals surface area contributed by atoms with Crippen LogP contribution in [0.4, 0.5) is 0 Å². The Balaban J connectivity index is 1.69. The molecule has 140 valence electrons. The van der Waals surface area contributed by atoms with Gasteiger partial charge in [0.25, 0.3) is 0 Å². The molecular formula is C20H21ClN4OS. The molecule has 27 heavy (non-hydrogen) atoms. The van der Waals surface area contributed by atoms with Crippen molar-refractivity contribution in [3.63, 3.8) is 0 Å². The number of H-pyrrole nitrogens is 1. The van der Waals surface area contributed by atoms with E-state index in [1.54, 1.807) is 7.11 Å². The molecule has 0 radical (unpaired) electrons. The van der Waals surface area contributed by atoms with E-state index in [9.17, 15) is 0 Å². The molecule has 7 heteroatoms. The topological polar surface area (TPSA) is 46.1 Å². The lowest BCUT2D eigenvalue weighted by molar-refractivity contribution is 0.241. The smallest absolute Gasteiger partial charge is 0.217 e. The van der Waals surface area contributed by atoms with E-state index in [4.69, 9.17) is 28.6 Å². The third-order valence-electron chi connectivity index (χ3n) is 4.00. The number of benzene rings is 2. The molecule has 1 aromatic heterocycles. The van der Waals surface area contributed by atoms with Crippen LogP contribution in [0.15, 0.2) is 48.5 Å². The zero-order valence-electron chi connectivity index (χ0n) is 15.2. The molecule has 1 N–H and O–H groups in total. The first-order chi connectivity index (χ1) is 13.0. The van der Waals surface area contributed by atoms with E-state index in [0.29, 0.717) is 23.0 Å². The van der Waals surface area contributed by atoms with Crippen LogP contribution in [0, 0.1) is 4.77 Å². The van der Waals surface area contributed by atoms with Crippen LogP contribution in [0.3, 0.4) is 0 Å². The van der Waals surface area contributed by atoms with Gasteiger partial charge in [-0.3, -0.25) is 10.00 Å². The summed E-state index contributed by atoms with van der Waals surface area (Å²) < 4.78 is 7.75. The number of halogens is 1. The van der Waals surface area contributed by atoms with E-state index in [0.717, 1.165) is 22.7 Å². The Morgan fingerprint density at radius 2 is 2.00 bits per heavy atom. The number of aromatic amines is 1. The van der Waals surface area contributed by atoms with Gasteiger partial charge in [-0.1, -0.05) is 48.0 Å². The minimum Gasteiger partial charge on any atom is -0.496 e. The fourth-order valence-electron chi connectivity index (χ4n) is 2.74. The van der Waals surface area contributed by atoms with Gasteiger partial charge in [0, 0.05) is 17.1 Å². The summed E-state index contributed by atoms with van der Waals surface area (Å²) in [6.07, 6.45) is 3.92. The van der Waals surface area contributed by atoms with Crippen molar-refractivity contribution in [3.8, 4) is 5.75 Å². The molecular weight excluding hydrogens is 380 g/mol. The second-order valence-corrected chi connectivity index (χ2v) is 6.98. The maximum absolute atomic E-state index is 6.11. The van der Waals surface area contributed by atoms with Crippen molar-refractivity contribution in [3.05, 3.63) is 75.3 Å². The highest BCUT2D eigenvalue weighted by atomic mass is 35.5. The van der Waals surface area contributed by atoms with Crippen LogP contribution in [0.2, 0.25) is 5.02 Å². The monoisotopic (exact) mass is 400 g/mol. The first-order valence-corrected chi connectivity index (χ1v) is 9.24. The Morgan fingerprint density at radius 1 is 1.22 bits per heavy atom. The molecule has 0 amide bonds. The predicted octanol–water partition coefficient (Wildman–Crippen LogP) is 4.86. The van der Waals surface area contributed by atoms with Gasteiger partial charge < -0.3 is 4.74 Å². The average Bonchev–Trinajstić information content (AvgIpc) is 3.00. The molecule has 2 aromatic carbocycles. The largest absolute Gasteiger partial charge is 0.496 e. The second kappa shape index (κ2) is 8.99. The summed E-state index contributed by atoms with van der Waals surface area (Å²) in [5.41, 5.74) is 2.12. The molecule has 0 fully saturated rings. The number of ether oxygens (including phenoxy) is 1. The zero-order valence-corrected chi connectivity index (χ0v) is 16.8. The van der Waals surface area contributed by atoms with E-state index in [1.807, 2.05) is 72.4 Å². The van der Waals surface area contributed by atoms with Gasteiger partial charge in [0.1, 0.15) is 11.6 Å². The summed E-state index contributed by atoms with van der Waals surface area (Å²) in [6, 6.07) is 15.7. The summed E-state index contributed by atoms with van der Waals surface area (Å²) >= 11 is 11.5. The number of hydrogen-bond donors (Lipinski definition) is 1. The van der Waals surface area contributed by atoms with Crippen molar-refractivity contribution < 1.29 is 4.74 Å². The molecule has 0 aliphatic heterocycles. The lowest BCUT2D eigenvalue weighted by Crippen LogP contribution is -2.22. The molecule has 0 saturated heterocycles. The number of aromatic nitrogens is 3. The average molecular weight is 401 g/mol. The Bertz CT molecular complexity index is 981. The maximum atomic E-state index is 6.11. The van der Waals surface area contributed by atoms with Crippen molar-refractivity contribution in [1.82, 2.24) is 19.7 Å². The van der Waals surface area contributed by atoms with Crippen LogP contribution in [-0.4, -0.2) is 33.8 Å². The third-order valence-corrected chi connectivity index (χ3v) is 4.54. The first-order valence-electron chi connectivity index (χ1n) is 8.46. The Hall–Kier alpha value is -2.41. The zero-order chi connectivity index (χ0) is 19.2. The third kappa shape index (κ3) is 5.29. The second-order valence-electron chi connectivity index (χ2n) is 6.18. The predicted molar refractivity (Wildman–Crippen MR) is 112 cm³/mol. The Labute approximate surface area is 168 Å². The standard InChI is InChI=1S/C20H21ClN4OS/c1-24(13-16-12-17(21)9-10-18(16)26-2)14-25-20(27)22-19(23-25)11-8-15-6-4-3-5-7-15/h3-12H,13-14H2,1-2H3,(H,22,23,27)/b11-8+. The minimum atomic E-state index is 0.507. The first kappa shape index (κ1) is 19.4.